The third kappa shape index (κ3) is 3.03. The minimum Gasteiger partial charge on any atom is -0.480 e. The number of hydrogen-bond acceptors (Lipinski definition) is 2. The van der Waals surface area contributed by atoms with Crippen LogP contribution in [0.2, 0.25) is 0 Å². The van der Waals surface area contributed by atoms with E-state index in [1.165, 1.54) is 32.6 Å². The summed E-state index contributed by atoms with van der Waals surface area (Å²) in [6, 6.07) is -0.776. The molecule has 4 nitrogen and oxygen atoms in total. The van der Waals surface area contributed by atoms with Crippen LogP contribution in [-0.2, 0) is 9.59 Å². The number of carboxylic acids is 1. The lowest BCUT2D eigenvalue weighted by Gasteiger charge is -2.38. The molecule has 2 N–H and O–H groups in total. The number of carbonyl (C=O) groups is 2. The molecular formula is C14H23NO3. The standard InChI is InChI=1S/C14H23NO3/c1-9(14(17)18)15-13(16)12-7-6-10-4-2-3-5-11(10)8-12/h9-12H,2-8H2,1H3,(H,15,16)(H,17,18). The van der Waals surface area contributed by atoms with Crippen molar-refractivity contribution in [2.45, 2.75) is 57.9 Å². The summed E-state index contributed by atoms with van der Waals surface area (Å²) in [4.78, 5) is 22.7. The molecule has 0 aliphatic heterocycles. The third-order valence-corrected chi connectivity index (χ3v) is 4.64. The van der Waals surface area contributed by atoms with Gasteiger partial charge in [-0.1, -0.05) is 25.7 Å². The molecule has 4 atom stereocenters. The molecule has 0 aromatic rings. The topological polar surface area (TPSA) is 66.4 Å². The van der Waals surface area contributed by atoms with Crippen LogP contribution in [-0.4, -0.2) is 23.0 Å². The minimum absolute atomic E-state index is 0.0335. The van der Waals surface area contributed by atoms with Gasteiger partial charge in [-0.15, -0.1) is 0 Å². The Morgan fingerprint density at radius 2 is 1.78 bits per heavy atom. The van der Waals surface area contributed by atoms with Gasteiger partial charge in [0.15, 0.2) is 0 Å². The largest absolute Gasteiger partial charge is 0.480 e. The van der Waals surface area contributed by atoms with Crippen LogP contribution < -0.4 is 5.32 Å². The van der Waals surface area contributed by atoms with Gasteiger partial charge in [0, 0.05) is 5.92 Å². The van der Waals surface area contributed by atoms with Gasteiger partial charge in [0.05, 0.1) is 0 Å². The molecular weight excluding hydrogens is 230 g/mol. The number of hydrogen-bond donors (Lipinski definition) is 2. The van der Waals surface area contributed by atoms with Gasteiger partial charge < -0.3 is 10.4 Å². The van der Waals surface area contributed by atoms with E-state index in [1.54, 1.807) is 0 Å². The molecule has 0 spiro atoms. The van der Waals surface area contributed by atoms with Gasteiger partial charge in [-0.2, -0.15) is 0 Å². The van der Waals surface area contributed by atoms with E-state index in [0.29, 0.717) is 5.92 Å². The molecule has 2 rings (SSSR count). The zero-order valence-electron chi connectivity index (χ0n) is 11.0. The van der Waals surface area contributed by atoms with Crippen molar-refractivity contribution >= 4 is 11.9 Å². The number of fused-ring (bicyclic) bond motifs is 1. The molecule has 1 amide bonds. The van der Waals surface area contributed by atoms with Gasteiger partial charge in [-0.05, 0) is 38.0 Å². The Kier molecular flexibility index (Phi) is 4.25. The molecule has 102 valence electrons. The normalized spacial score (nSPS) is 33.3. The van der Waals surface area contributed by atoms with E-state index in [2.05, 4.69) is 5.32 Å². The highest BCUT2D eigenvalue weighted by molar-refractivity contribution is 5.84. The highest BCUT2D eigenvalue weighted by Crippen LogP contribution is 2.42. The Hall–Kier alpha value is -1.06. The van der Waals surface area contributed by atoms with Crippen molar-refractivity contribution in [1.29, 1.82) is 0 Å². The van der Waals surface area contributed by atoms with E-state index in [-0.39, 0.29) is 11.8 Å². The van der Waals surface area contributed by atoms with Crippen molar-refractivity contribution < 1.29 is 14.7 Å². The molecule has 0 bridgehead atoms. The fraction of sp³-hybridized carbons (Fsp3) is 0.857. The average Bonchev–Trinajstić information content (AvgIpc) is 2.37. The van der Waals surface area contributed by atoms with E-state index in [0.717, 1.165) is 25.2 Å². The number of aliphatic carboxylic acids is 1. The second-order valence-corrected chi connectivity index (χ2v) is 5.88. The maximum atomic E-state index is 12.0. The van der Waals surface area contributed by atoms with Crippen molar-refractivity contribution in [2.75, 3.05) is 0 Å². The van der Waals surface area contributed by atoms with Crippen molar-refractivity contribution in [2.24, 2.45) is 17.8 Å². The Bertz CT molecular complexity index is 329. The first-order valence-electron chi connectivity index (χ1n) is 7.11. The minimum atomic E-state index is -0.963. The van der Waals surface area contributed by atoms with Crippen molar-refractivity contribution in [3.63, 3.8) is 0 Å². The maximum absolute atomic E-state index is 12.0. The Morgan fingerprint density at radius 3 is 2.44 bits per heavy atom. The lowest BCUT2D eigenvalue weighted by Crippen LogP contribution is -2.44. The van der Waals surface area contributed by atoms with Crippen LogP contribution in [0, 0.1) is 17.8 Å². The van der Waals surface area contributed by atoms with E-state index >= 15 is 0 Å². The molecule has 2 aliphatic rings. The highest BCUT2D eigenvalue weighted by Gasteiger charge is 2.35. The number of rotatable bonds is 3. The summed E-state index contributed by atoms with van der Waals surface area (Å²) in [5.41, 5.74) is 0. The van der Waals surface area contributed by atoms with Crippen LogP contribution in [0.25, 0.3) is 0 Å². The summed E-state index contributed by atoms with van der Waals surface area (Å²) in [5, 5.41) is 11.4. The smallest absolute Gasteiger partial charge is 0.325 e. The number of amides is 1. The molecule has 0 heterocycles. The zero-order valence-corrected chi connectivity index (χ0v) is 11.0. The zero-order chi connectivity index (χ0) is 13.1. The summed E-state index contributed by atoms with van der Waals surface area (Å²) >= 11 is 0. The Morgan fingerprint density at radius 1 is 1.11 bits per heavy atom. The number of carboxylic acid groups (broad SMARTS) is 1. The van der Waals surface area contributed by atoms with Gasteiger partial charge in [-0.3, -0.25) is 9.59 Å². The van der Waals surface area contributed by atoms with Gasteiger partial charge in [0.25, 0.3) is 0 Å². The summed E-state index contributed by atoms with van der Waals surface area (Å²) in [6.07, 6.45) is 8.25. The predicted molar refractivity (Wildman–Crippen MR) is 68.0 cm³/mol. The maximum Gasteiger partial charge on any atom is 0.325 e. The monoisotopic (exact) mass is 253 g/mol. The lowest BCUT2D eigenvalue weighted by molar-refractivity contribution is -0.142. The first kappa shape index (κ1) is 13.4. The molecule has 0 radical (unpaired) electrons. The number of carbonyl (C=O) groups excluding carboxylic acids is 1. The van der Waals surface area contributed by atoms with Crippen LogP contribution in [0.4, 0.5) is 0 Å². The van der Waals surface area contributed by atoms with Crippen molar-refractivity contribution in [1.82, 2.24) is 5.32 Å². The molecule has 4 heteroatoms. The molecule has 4 unspecified atom stereocenters. The van der Waals surface area contributed by atoms with Gasteiger partial charge in [0.2, 0.25) is 5.91 Å². The van der Waals surface area contributed by atoms with Crippen molar-refractivity contribution in [3.05, 3.63) is 0 Å². The fourth-order valence-corrected chi connectivity index (χ4v) is 3.50. The molecule has 2 aliphatic carbocycles. The van der Waals surface area contributed by atoms with Crippen LogP contribution >= 0.6 is 0 Å². The molecule has 0 aromatic heterocycles. The van der Waals surface area contributed by atoms with E-state index in [9.17, 15) is 9.59 Å². The predicted octanol–water partition coefficient (Wildman–Crippen LogP) is 2.18. The summed E-state index contributed by atoms with van der Waals surface area (Å²) in [5.74, 6) is 0.526. The molecule has 2 saturated carbocycles. The Labute approximate surface area is 108 Å². The molecule has 18 heavy (non-hydrogen) atoms. The quantitative estimate of drug-likeness (QED) is 0.810. The highest BCUT2D eigenvalue weighted by atomic mass is 16.4. The van der Waals surface area contributed by atoms with Crippen LogP contribution in [0.3, 0.4) is 0 Å². The summed E-state index contributed by atoms with van der Waals surface area (Å²) < 4.78 is 0. The SMILES string of the molecule is CC(NC(=O)C1CCC2CCCCC2C1)C(=O)O. The van der Waals surface area contributed by atoms with E-state index in [4.69, 9.17) is 5.11 Å². The fourth-order valence-electron chi connectivity index (χ4n) is 3.50. The summed E-state index contributed by atoms with van der Waals surface area (Å²) in [7, 11) is 0. The van der Waals surface area contributed by atoms with Crippen LogP contribution in [0.5, 0.6) is 0 Å². The van der Waals surface area contributed by atoms with Gasteiger partial charge in [-0.25, -0.2) is 0 Å². The Balaban J connectivity index is 1.86. The summed E-state index contributed by atoms with van der Waals surface area (Å²) in [6.45, 7) is 1.52. The first-order valence-corrected chi connectivity index (χ1v) is 7.11. The van der Waals surface area contributed by atoms with Crippen LogP contribution in [0.15, 0.2) is 0 Å². The average molecular weight is 253 g/mol. The third-order valence-electron chi connectivity index (χ3n) is 4.64. The molecule has 2 fully saturated rings. The first-order chi connectivity index (χ1) is 8.58. The van der Waals surface area contributed by atoms with Crippen molar-refractivity contribution in [3.8, 4) is 0 Å². The van der Waals surface area contributed by atoms with Gasteiger partial charge in [0.1, 0.15) is 6.04 Å². The van der Waals surface area contributed by atoms with Crippen LogP contribution in [0.1, 0.15) is 51.9 Å². The lowest BCUT2D eigenvalue weighted by atomic mass is 9.67. The number of nitrogens with one attached hydrogen (secondary N) is 1. The van der Waals surface area contributed by atoms with Gasteiger partial charge >= 0.3 is 5.97 Å². The molecule has 0 saturated heterocycles. The second kappa shape index (κ2) is 5.72. The van der Waals surface area contributed by atoms with E-state index < -0.39 is 12.0 Å². The van der Waals surface area contributed by atoms with E-state index in [1.807, 2.05) is 0 Å². The molecule has 0 aromatic carbocycles. The second-order valence-electron chi connectivity index (χ2n) is 5.88.